The Morgan fingerprint density at radius 3 is 1.90 bits per heavy atom. The summed E-state index contributed by atoms with van der Waals surface area (Å²) in [7, 11) is 0. The smallest absolute Gasteiger partial charge is 0.101 e. The molecule has 3 saturated carbocycles. The van der Waals surface area contributed by atoms with E-state index in [1.807, 2.05) is 6.07 Å². The maximum atomic E-state index is 9.14. The van der Waals surface area contributed by atoms with Gasteiger partial charge in [0.15, 0.2) is 0 Å². The van der Waals surface area contributed by atoms with Crippen molar-refractivity contribution in [3.63, 3.8) is 0 Å². The van der Waals surface area contributed by atoms with Gasteiger partial charge >= 0.3 is 0 Å². The summed E-state index contributed by atoms with van der Waals surface area (Å²) in [5.41, 5.74) is 2.96. The molecule has 3 aliphatic carbocycles. The molecule has 0 amide bonds. The van der Waals surface area contributed by atoms with Crippen molar-refractivity contribution in [1.29, 1.82) is 5.26 Å². The minimum atomic E-state index is 0.331. The van der Waals surface area contributed by atoms with Gasteiger partial charge in [0.1, 0.15) is 6.07 Å². The third kappa shape index (κ3) is 5.79. The van der Waals surface area contributed by atoms with Gasteiger partial charge in [-0.05, 0) is 73.5 Å². The third-order valence-electron chi connectivity index (χ3n) is 8.16. The van der Waals surface area contributed by atoms with Gasteiger partial charge in [0, 0.05) is 0 Å². The summed E-state index contributed by atoms with van der Waals surface area (Å²) >= 11 is 6.34. The minimum absolute atomic E-state index is 0.331. The number of nitriles is 1. The highest BCUT2D eigenvalue weighted by atomic mass is 35.5. The number of nitrogens with zero attached hydrogens (tertiary/aromatic N) is 1. The van der Waals surface area contributed by atoms with Crippen LogP contribution in [-0.4, -0.2) is 0 Å². The fourth-order valence-corrected chi connectivity index (χ4v) is 6.22. The molecule has 2 heteroatoms. The Hall–Kier alpha value is -1.00. The van der Waals surface area contributed by atoms with Crippen LogP contribution in [0.5, 0.6) is 0 Å². The second-order valence-corrected chi connectivity index (χ2v) is 10.4. The highest BCUT2D eigenvalue weighted by Gasteiger charge is 2.48. The van der Waals surface area contributed by atoms with E-state index in [0.29, 0.717) is 21.4 Å². The zero-order valence-electron chi connectivity index (χ0n) is 18.6. The molecule has 2 bridgehead atoms. The molecule has 1 nitrogen and oxygen atoms in total. The Labute approximate surface area is 184 Å². The van der Waals surface area contributed by atoms with E-state index in [1.54, 1.807) is 0 Å². The number of rotatable bonds is 12. The van der Waals surface area contributed by atoms with Crippen molar-refractivity contribution in [1.82, 2.24) is 0 Å². The molecular weight excluding hydrogens is 374 g/mol. The van der Waals surface area contributed by atoms with Gasteiger partial charge in [-0.2, -0.15) is 5.26 Å². The van der Waals surface area contributed by atoms with Gasteiger partial charge < -0.3 is 0 Å². The monoisotopic (exact) mass is 413 g/mol. The van der Waals surface area contributed by atoms with Crippen molar-refractivity contribution in [2.24, 2.45) is 5.41 Å². The van der Waals surface area contributed by atoms with E-state index in [9.17, 15) is 0 Å². The maximum absolute atomic E-state index is 9.14. The van der Waals surface area contributed by atoms with Crippen molar-refractivity contribution in [2.45, 2.75) is 121 Å². The van der Waals surface area contributed by atoms with Crippen molar-refractivity contribution in [3.05, 3.63) is 34.3 Å². The second kappa shape index (κ2) is 10.9. The van der Waals surface area contributed by atoms with Crippen molar-refractivity contribution < 1.29 is 0 Å². The van der Waals surface area contributed by atoms with E-state index in [2.05, 4.69) is 25.1 Å². The second-order valence-electron chi connectivity index (χ2n) is 10.0. The fraction of sp³-hybridized carbons (Fsp3) is 0.741. The predicted molar refractivity (Wildman–Crippen MR) is 124 cm³/mol. The van der Waals surface area contributed by atoms with Crippen LogP contribution in [0.25, 0.3) is 0 Å². The predicted octanol–water partition coefficient (Wildman–Crippen LogP) is 9.11. The van der Waals surface area contributed by atoms with Gasteiger partial charge in [0.25, 0.3) is 0 Å². The number of halogens is 1. The SMILES string of the molecule is CCCCCCCCCCCCC12CCC(c3ccc(C#N)c(Cl)c3)(CC1)CC2. The van der Waals surface area contributed by atoms with Crippen LogP contribution in [0.3, 0.4) is 0 Å². The van der Waals surface area contributed by atoms with Crippen molar-refractivity contribution in [3.8, 4) is 6.07 Å². The number of unbranched alkanes of at least 4 members (excludes halogenated alkanes) is 9. The topological polar surface area (TPSA) is 23.8 Å². The first-order valence-electron chi connectivity index (χ1n) is 12.3. The van der Waals surface area contributed by atoms with Crippen LogP contribution in [0, 0.1) is 16.7 Å². The quantitative estimate of drug-likeness (QED) is 0.313. The Morgan fingerprint density at radius 2 is 1.38 bits per heavy atom. The summed E-state index contributed by atoms with van der Waals surface area (Å²) in [4.78, 5) is 0. The first kappa shape index (κ1) is 22.7. The van der Waals surface area contributed by atoms with Gasteiger partial charge in [-0.1, -0.05) is 88.8 Å². The van der Waals surface area contributed by atoms with Crippen LogP contribution in [-0.2, 0) is 5.41 Å². The van der Waals surface area contributed by atoms with E-state index in [4.69, 9.17) is 16.9 Å². The van der Waals surface area contributed by atoms with E-state index >= 15 is 0 Å². The summed E-state index contributed by atoms with van der Waals surface area (Å²) in [6.45, 7) is 2.29. The largest absolute Gasteiger partial charge is 0.192 e. The molecular formula is C27H40ClN. The van der Waals surface area contributed by atoms with Gasteiger partial charge in [0.05, 0.1) is 10.6 Å². The molecule has 0 unspecified atom stereocenters. The molecule has 1 aromatic rings. The normalized spacial score (nSPS) is 25.8. The van der Waals surface area contributed by atoms with E-state index in [-0.39, 0.29) is 0 Å². The van der Waals surface area contributed by atoms with Crippen LogP contribution in [0.15, 0.2) is 18.2 Å². The molecule has 3 aliphatic rings. The molecule has 29 heavy (non-hydrogen) atoms. The first-order valence-corrected chi connectivity index (χ1v) is 12.7. The van der Waals surface area contributed by atoms with Gasteiger partial charge in [-0.3, -0.25) is 0 Å². The van der Waals surface area contributed by atoms with Gasteiger partial charge in [0.2, 0.25) is 0 Å². The Kier molecular flexibility index (Phi) is 8.49. The molecule has 0 aromatic heterocycles. The summed E-state index contributed by atoms with van der Waals surface area (Å²) in [5, 5.41) is 9.77. The van der Waals surface area contributed by atoms with Crippen molar-refractivity contribution >= 4 is 11.6 Å². The molecule has 0 aliphatic heterocycles. The molecule has 0 spiro atoms. The summed E-state index contributed by atoms with van der Waals surface area (Å²) < 4.78 is 0. The van der Waals surface area contributed by atoms with Crippen molar-refractivity contribution in [2.75, 3.05) is 0 Å². The number of fused-ring (bicyclic) bond motifs is 3. The van der Waals surface area contributed by atoms with Crippen LogP contribution < -0.4 is 0 Å². The lowest BCUT2D eigenvalue weighted by atomic mass is 9.51. The Balaban J connectivity index is 1.37. The van der Waals surface area contributed by atoms with E-state index in [0.717, 1.165) is 0 Å². The Morgan fingerprint density at radius 1 is 0.828 bits per heavy atom. The van der Waals surface area contributed by atoms with Crippen LogP contribution in [0.1, 0.15) is 127 Å². The highest BCUT2D eigenvalue weighted by Crippen LogP contribution is 2.59. The molecule has 4 rings (SSSR count). The lowest BCUT2D eigenvalue weighted by Crippen LogP contribution is -2.44. The molecule has 3 fully saturated rings. The fourth-order valence-electron chi connectivity index (χ4n) is 5.99. The molecule has 0 heterocycles. The zero-order chi connectivity index (χ0) is 20.6. The number of hydrogen-bond acceptors (Lipinski definition) is 1. The lowest BCUT2D eigenvalue weighted by Gasteiger charge is -2.54. The molecule has 0 atom stereocenters. The first-order chi connectivity index (χ1) is 14.1. The van der Waals surface area contributed by atoms with Gasteiger partial charge in [-0.15, -0.1) is 0 Å². The molecule has 1 aromatic carbocycles. The van der Waals surface area contributed by atoms with Crippen LogP contribution in [0.2, 0.25) is 5.02 Å². The molecule has 160 valence electrons. The Bertz CT molecular complexity index is 662. The minimum Gasteiger partial charge on any atom is -0.192 e. The third-order valence-corrected chi connectivity index (χ3v) is 8.48. The summed E-state index contributed by atoms with van der Waals surface area (Å²) in [5.74, 6) is 0. The maximum Gasteiger partial charge on any atom is 0.101 e. The summed E-state index contributed by atoms with van der Waals surface area (Å²) in [6, 6.07) is 8.37. The standard InChI is InChI=1S/C27H40ClN/c1-2-3-4-5-6-7-8-9-10-11-14-26-15-18-27(19-16-26,20-17-26)24-13-12-23(22-29)25(28)21-24/h12-13,21H,2-11,14-20H2,1H3. The molecule has 0 saturated heterocycles. The van der Waals surface area contributed by atoms with E-state index < -0.39 is 0 Å². The average Bonchev–Trinajstić information content (AvgIpc) is 2.76. The number of hydrogen-bond donors (Lipinski definition) is 0. The zero-order valence-corrected chi connectivity index (χ0v) is 19.3. The van der Waals surface area contributed by atoms with Gasteiger partial charge in [-0.25, -0.2) is 0 Å². The van der Waals surface area contributed by atoms with Crippen LogP contribution >= 0.6 is 11.6 Å². The highest BCUT2D eigenvalue weighted by molar-refractivity contribution is 6.31. The molecule has 0 N–H and O–H groups in total. The van der Waals surface area contributed by atoms with Crippen LogP contribution in [0.4, 0.5) is 0 Å². The summed E-state index contributed by atoms with van der Waals surface area (Å²) in [6.07, 6.45) is 23.9. The number of benzene rings is 1. The molecule has 0 radical (unpaired) electrons. The lowest BCUT2D eigenvalue weighted by molar-refractivity contribution is 0.0304. The van der Waals surface area contributed by atoms with E-state index in [1.165, 1.54) is 115 Å². The average molecular weight is 414 g/mol.